The molecule has 1 fully saturated rings. The van der Waals surface area contributed by atoms with Crippen LogP contribution in [0.25, 0.3) is 0 Å². The number of rotatable bonds is 4. The predicted octanol–water partition coefficient (Wildman–Crippen LogP) is 1.70. The van der Waals surface area contributed by atoms with Crippen molar-refractivity contribution >= 4 is 0 Å². The largest absolute Gasteiger partial charge is 0.329 e. The molecule has 0 aliphatic carbocycles. The first kappa shape index (κ1) is 11.0. The first-order valence-electron chi connectivity index (χ1n) is 5.63. The monoisotopic (exact) mass is 184 g/mol. The van der Waals surface area contributed by atoms with Crippen molar-refractivity contribution in [3.05, 3.63) is 0 Å². The normalized spacial score (nSPS) is 32.3. The Morgan fingerprint density at radius 1 is 1.31 bits per heavy atom. The van der Waals surface area contributed by atoms with Crippen LogP contribution in [0.2, 0.25) is 0 Å². The standard InChI is InChI=1S/C11H24N2/c1-4-5-11(6-12)13-7-9(2)10(3)8-13/h9-11H,4-8,12H2,1-3H3. The van der Waals surface area contributed by atoms with Crippen LogP contribution >= 0.6 is 0 Å². The van der Waals surface area contributed by atoms with Gasteiger partial charge in [0.2, 0.25) is 0 Å². The van der Waals surface area contributed by atoms with E-state index in [1.165, 1.54) is 25.9 Å². The molecule has 1 rings (SSSR count). The zero-order chi connectivity index (χ0) is 9.84. The number of nitrogens with two attached hydrogens (primary N) is 1. The minimum absolute atomic E-state index is 0.636. The highest BCUT2D eigenvalue weighted by Crippen LogP contribution is 2.24. The Labute approximate surface area is 82.5 Å². The van der Waals surface area contributed by atoms with E-state index < -0.39 is 0 Å². The average Bonchev–Trinajstić information content (AvgIpc) is 2.43. The number of hydrogen-bond donors (Lipinski definition) is 1. The van der Waals surface area contributed by atoms with Crippen molar-refractivity contribution in [3.63, 3.8) is 0 Å². The molecule has 2 N–H and O–H groups in total. The van der Waals surface area contributed by atoms with Gasteiger partial charge in [-0.25, -0.2) is 0 Å². The van der Waals surface area contributed by atoms with Crippen molar-refractivity contribution in [2.75, 3.05) is 19.6 Å². The summed E-state index contributed by atoms with van der Waals surface area (Å²) in [5, 5.41) is 0. The molecule has 1 saturated heterocycles. The molecule has 3 unspecified atom stereocenters. The quantitative estimate of drug-likeness (QED) is 0.720. The predicted molar refractivity (Wildman–Crippen MR) is 57.7 cm³/mol. The Morgan fingerprint density at radius 2 is 1.85 bits per heavy atom. The molecule has 78 valence electrons. The lowest BCUT2D eigenvalue weighted by molar-refractivity contribution is 0.224. The van der Waals surface area contributed by atoms with E-state index in [0.29, 0.717) is 6.04 Å². The highest BCUT2D eigenvalue weighted by Gasteiger charge is 2.29. The van der Waals surface area contributed by atoms with Crippen molar-refractivity contribution in [2.45, 2.75) is 39.7 Å². The molecule has 1 aliphatic heterocycles. The highest BCUT2D eigenvalue weighted by atomic mass is 15.2. The summed E-state index contributed by atoms with van der Waals surface area (Å²) in [6.45, 7) is 10.3. The van der Waals surface area contributed by atoms with E-state index in [1.54, 1.807) is 0 Å². The van der Waals surface area contributed by atoms with Gasteiger partial charge in [0.1, 0.15) is 0 Å². The maximum atomic E-state index is 5.79. The van der Waals surface area contributed by atoms with Crippen LogP contribution < -0.4 is 5.73 Å². The van der Waals surface area contributed by atoms with Gasteiger partial charge in [0.25, 0.3) is 0 Å². The zero-order valence-corrected chi connectivity index (χ0v) is 9.29. The van der Waals surface area contributed by atoms with Gasteiger partial charge in [0, 0.05) is 25.7 Å². The molecule has 2 nitrogen and oxygen atoms in total. The van der Waals surface area contributed by atoms with E-state index in [-0.39, 0.29) is 0 Å². The van der Waals surface area contributed by atoms with Gasteiger partial charge < -0.3 is 5.73 Å². The van der Waals surface area contributed by atoms with Crippen molar-refractivity contribution < 1.29 is 0 Å². The second-order valence-corrected chi connectivity index (χ2v) is 4.59. The van der Waals surface area contributed by atoms with Crippen molar-refractivity contribution in [2.24, 2.45) is 17.6 Å². The Bertz CT molecular complexity index is 137. The van der Waals surface area contributed by atoms with Crippen LogP contribution in [0.4, 0.5) is 0 Å². The van der Waals surface area contributed by atoms with Gasteiger partial charge in [-0.05, 0) is 18.3 Å². The second kappa shape index (κ2) is 4.97. The van der Waals surface area contributed by atoms with E-state index in [1.807, 2.05) is 0 Å². The third-order valence-electron chi connectivity index (χ3n) is 3.43. The molecular weight excluding hydrogens is 160 g/mol. The minimum atomic E-state index is 0.636. The molecule has 3 atom stereocenters. The molecular formula is C11H24N2. The van der Waals surface area contributed by atoms with Crippen molar-refractivity contribution in [1.82, 2.24) is 4.90 Å². The summed E-state index contributed by atoms with van der Waals surface area (Å²) in [5.41, 5.74) is 5.79. The number of nitrogens with zero attached hydrogens (tertiary/aromatic N) is 1. The Kier molecular flexibility index (Phi) is 4.20. The third kappa shape index (κ3) is 2.68. The highest BCUT2D eigenvalue weighted by molar-refractivity contribution is 4.83. The van der Waals surface area contributed by atoms with E-state index in [4.69, 9.17) is 5.73 Å². The first-order chi connectivity index (χ1) is 6.19. The summed E-state index contributed by atoms with van der Waals surface area (Å²) in [7, 11) is 0. The smallest absolute Gasteiger partial charge is 0.0218 e. The lowest BCUT2D eigenvalue weighted by Gasteiger charge is -2.26. The van der Waals surface area contributed by atoms with Crippen molar-refractivity contribution in [3.8, 4) is 0 Å². The summed E-state index contributed by atoms with van der Waals surface area (Å²) in [6.07, 6.45) is 2.51. The molecule has 0 bridgehead atoms. The van der Waals surface area contributed by atoms with E-state index in [0.717, 1.165) is 18.4 Å². The second-order valence-electron chi connectivity index (χ2n) is 4.59. The maximum absolute atomic E-state index is 5.79. The van der Waals surface area contributed by atoms with Gasteiger partial charge in [-0.2, -0.15) is 0 Å². The molecule has 0 aromatic rings. The molecule has 0 spiro atoms. The van der Waals surface area contributed by atoms with Gasteiger partial charge in [-0.3, -0.25) is 4.90 Å². The summed E-state index contributed by atoms with van der Waals surface area (Å²) in [5.74, 6) is 1.71. The maximum Gasteiger partial charge on any atom is 0.0218 e. The van der Waals surface area contributed by atoms with Gasteiger partial charge in [0.15, 0.2) is 0 Å². The lowest BCUT2D eigenvalue weighted by Crippen LogP contribution is -2.39. The molecule has 0 aromatic heterocycles. The van der Waals surface area contributed by atoms with Gasteiger partial charge in [-0.15, -0.1) is 0 Å². The number of likely N-dealkylation sites (tertiary alicyclic amines) is 1. The van der Waals surface area contributed by atoms with Crippen molar-refractivity contribution in [1.29, 1.82) is 0 Å². The summed E-state index contributed by atoms with van der Waals surface area (Å²) in [6, 6.07) is 0.636. The lowest BCUT2D eigenvalue weighted by atomic mass is 10.0. The average molecular weight is 184 g/mol. The SMILES string of the molecule is CCCC(CN)N1CC(C)C(C)C1. The van der Waals surface area contributed by atoms with Gasteiger partial charge in [0.05, 0.1) is 0 Å². The molecule has 1 aliphatic rings. The van der Waals surface area contributed by atoms with Crippen LogP contribution in [0, 0.1) is 11.8 Å². The minimum Gasteiger partial charge on any atom is -0.329 e. The molecule has 0 amide bonds. The number of hydrogen-bond acceptors (Lipinski definition) is 2. The molecule has 0 aromatic carbocycles. The van der Waals surface area contributed by atoms with E-state index in [9.17, 15) is 0 Å². The summed E-state index contributed by atoms with van der Waals surface area (Å²) in [4.78, 5) is 2.58. The molecule has 1 heterocycles. The molecule has 0 saturated carbocycles. The fourth-order valence-electron chi connectivity index (χ4n) is 2.26. The van der Waals surface area contributed by atoms with Crippen LogP contribution in [0.15, 0.2) is 0 Å². The van der Waals surface area contributed by atoms with Gasteiger partial charge in [-0.1, -0.05) is 27.2 Å². The van der Waals surface area contributed by atoms with Crippen LogP contribution in [0.1, 0.15) is 33.6 Å². The van der Waals surface area contributed by atoms with Crippen LogP contribution in [-0.2, 0) is 0 Å². The summed E-state index contributed by atoms with van der Waals surface area (Å²) < 4.78 is 0. The Morgan fingerprint density at radius 3 is 2.23 bits per heavy atom. The van der Waals surface area contributed by atoms with Crippen LogP contribution in [0.3, 0.4) is 0 Å². The van der Waals surface area contributed by atoms with Gasteiger partial charge >= 0.3 is 0 Å². The summed E-state index contributed by atoms with van der Waals surface area (Å²) >= 11 is 0. The molecule has 13 heavy (non-hydrogen) atoms. The fraction of sp³-hybridized carbons (Fsp3) is 1.00. The van der Waals surface area contributed by atoms with E-state index in [2.05, 4.69) is 25.7 Å². The van der Waals surface area contributed by atoms with Crippen LogP contribution in [-0.4, -0.2) is 30.6 Å². The Balaban J connectivity index is 2.42. The molecule has 0 radical (unpaired) electrons. The van der Waals surface area contributed by atoms with Crippen LogP contribution in [0.5, 0.6) is 0 Å². The van der Waals surface area contributed by atoms with E-state index >= 15 is 0 Å². The molecule has 2 heteroatoms. The topological polar surface area (TPSA) is 29.3 Å². The Hall–Kier alpha value is -0.0800. The fourth-order valence-corrected chi connectivity index (χ4v) is 2.26. The first-order valence-corrected chi connectivity index (χ1v) is 5.63. The zero-order valence-electron chi connectivity index (χ0n) is 9.29. The third-order valence-corrected chi connectivity index (χ3v) is 3.43.